The van der Waals surface area contributed by atoms with Gasteiger partial charge in [-0.1, -0.05) is 0 Å². The quantitative estimate of drug-likeness (QED) is 0.571. The molecule has 1 heterocycles. The van der Waals surface area contributed by atoms with E-state index >= 15 is 0 Å². The molecule has 0 radical (unpaired) electrons. The van der Waals surface area contributed by atoms with Gasteiger partial charge in [0, 0.05) is 32.3 Å². The number of aryl methyl sites for hydroxylation is 1. The van der Waals surface area contributed by atoms with Gasteiger partial charge in [-0.15, -0.1) is 0 Å². The van der Waals surface area contributed by atoms with Crippen LogP contribution in [-0.4, -0.2) is 46.7 Å². The van der Waals surface area contributed by atoms with E-state index in [1.165, 1.54) is 20.3 Å². The van der Waals surface area contributed by atoms with Crippen molar-refractivity contribution in [2.24, 2.45) is 14.1 Å². The number of amides is 1. The van der Waals surface area contributed by atoms with Crippen LogP contribution in [0.5, 0.6) is 0 Å². The van der Waals surface area contributed by atoms with E-state index in [1.807, 2.05) is 0 Å². The van der Waals surface area contributed by atoms with Gasteiger partial charge < -0.3 is 19.4 Å². The minimum Gasteiger partial charge on any atom is -0.466 e. The average molecular weight is 369 g/mol. The van der Waals surface area contributed by atoms with Crippen LogP contribution in [0.4, 0.5) is 0 Å². The van der Waals surface area contributed by atoms with Crippen LogP contribution in [0.15, 0.2) is 15.8 Å². The number of hydrogen-bond donors (Lipinski definition) is 1. The van der Waals surface area contributed by atoms with Crippen LogP contribution in [0.1, 0.15) is 31.7 Å². The minimum absolute atomic E-state index is 0.0423. The highest BCUT2D eigenvalue weighted by atomic mass is 16.5. The van der Waals surface area contributed by atoms with Crippen LogP contribution in [0.2, 0.25) is 0 Å². The van der Waals surface area contributed by atoms with Gasteiger partial charge in [-0.25, -0.2) is 4.79 Å². The highest BCUT2D eigenvalue weighted by molar-refractivity contribution is 5.88. The van der Waals surface area contributed by atoms with Gasteiger partial charge >= 0.3 is 17.6 Å². The smallest absolute Gasteiger partial charge is 0.330 e. The topological polar surface area (TPSA) is 126 Å². The third-order valence-corrected chi connectivity index (χ3v) is 3.54. The number of hydrogen-bond acceptors (Lipinski definition) is 7. The van der Waals surface area contributed by atoms with Crippen molar-refractivity contribution < 1.29 is 23.9 Å². The van der Waals surface area contributed by atoms with Gasteiger partial charge in [0.2, 0.25) is 5.91 Å². The second kappa shape index (κ2) is 9.54. The molecule has 1 aromatic heterocycles. The summed E-state index contributed by atoms with van der Waals surface area (Å²) in [7, 11) is 2.70. The maximum absolute atomic E-state index is 12.4. The van der Waals surface area contributed by atoms with E-state index in [9.17, 15) is 24.0 Å². The van der Waals surface area contributed by atoms with Gasteiger partial charge in [-0.3, -0.25) is 23.7 Å². The Balaban J connectivity index is 3.10. The van der Waals surface area contributed by atoms with Crippen LogP contribution in [-0.2, 0) is 38.0 Å². The molecule has 0 spiro atoms. The number of esters is 2. The highest BCUT2D eigenvalue weighted by Crippen LogP contribution is 2.18. The van der Waals surface area contributed by atoms with Gasteiger partial charge in [-0.2, -0.15) is 0 Å². The fourth-order valence-electron chi connectivity index (χ4n) is 2.28. The number of nitrogens with one attached hydrogen (secondary N) is 1. The van der Waals surface area contributed by atoms with Crippen molar-refractivity contribution >= 4 is 17.8 Å². The molecule has 144 valence electrons. The summed E-state index contributed by atoms with van der Waals surface area (Å²) in [5, 5.41) is 2.33. The summed E-state index contributed by atoms with van der Waals surface area (Å²) in [6.07, 6.45) is 0.802. The summed E-state index contributed by atoms with van der Waals surface area (Å²) in [4.78, 5) is 59.8. The molecule has 0 saturated heterocycles. The Morgan fingerprint density at radius 2 is 1.73 bits per heavy atom. The SMILES string of the molecule is CCOC(=O)CNC(=O)C[C@@H](C(=O)OCC)c1cn(C)c(=O)n(C)c1=O. The molecular weight excluding hydrogens is 346 g/mol. The molecule has 10 nitrogen and oxygen atoms in total. The van der Waals surface area contributed by atoms with Gasteiger partial charge in [0.05, 0.1) is 19.1 Å². The van der Waals surface area contributed by atoms with Crippen LogP contribution < -0.4 is 16.6 Å². The number of nitrogens with zero attached hydrogens (tertiary/aromatic N) is 2. The fraction of sp³-hybridized carbons (Fsp3) is 0.562. The van der Waals surface area contributed by atoms with Crippen molar-refractivity contribution in [2.45, 2.75) is 26.2 Å². The molecule has 1 atom stereocenters. The lowest BCUT2D eigenvalue weighted by atomic mass is 9.97. The largest absolute Gasteiger partial charge is 0.466 e. The molecule has 26 heavy (non-hydrogen) atoms. The first-order valence-electron chi connectivity index (χ1n) is 8.08. The third kappa shape index (κ3) is 5.30. The molecule has 0 aliphatic rings. The van der Waals surface area contributed by atoms with E-state index in [2.05, 4.69) is 5.32 Å². The van der Waals surface area contributed by atoms with E-state index in [-0.39, 0.29) is 25.3 Å². The molecule has 0 saturated carbocycles. The normalized spacial score (nSPS) is 11.5. The van der Waals surface area contributed by atoms with Crippen molar-refractivity contribution in [1.29, 1.82) is 0 Å². The van der Waals surface area contributed by atoms with E-state index in [4.69, 9.17) is 9.47 Å². The molecule has 0 bridgehead atoms. The molecule has 0 aliphatic carbocycles. The second-order valence-corrected chi connectivity index (χ2v) is 5.43. The summed E-state index contributed by atoms with van der Waals surface area (Å²) >= 11 is 0. The lowest BCUT2D eigenvalue weighted by molar-refractivity contribution is -0.146. The van der Waals surface area contributed by atoms with Crippen molar-refractivity contribution in [1.82, 2.24) is 14.5 Å². The maximum Gasteiger partial charge on any atom is 0.330 e. The average Bonchev–Trinajstić information content (AvgIpc) is 2.60. The number of carbonyl (C=O) groups excluding carboxylic acids is 3. The van der Waals surface area contributed by atoms with E-state index < -0.39 is 41.4 Å². The molecule has 1 N–H and O–H groups in total. The number of ether oxygens (including phenoxy) is 2. The molecule has 10 heteroatoms. The monoisotopic (exact) mass is 369 g/mol. The Morgan fingerprint density at radius 1 is 1.12 bits per heavy atom. The number of rotatable bonds is 8. The van der Waals surface area contributed by atoms with Crippen LogP contribution in [0.25, 0.3) is 0 Å². The summed E-state index contributed by atoms with van der Waals surface area (Å²) in [5.41, 5.74) is -1.29. The molecule has 0 unspecified atom stereocenters. The van der Waals surface area contributed by atoms with Gasteiger partial charge in [0.1, 0.15) is 6.54 Å². The molecule has 1 rings (SSSR count). The second-order valence-electron chi connectivity index (χ2n) is 5.43. The summed E-state index contributed by atoms with van der Waals surface area (Å²) in [5.74, 6) is -3.23. The first-order valence-corrected chi connectivity index (χ1v) is 8.08. The lowest BCUT2D eigenvalue weighted by Gasteiger charge is -2.16. The Bertz CT molecular complexity index is 794. The van der Waals surface area contributed by atoms with Crippen molar-refractivity contribution in [3.8, 4) is 0 Å². The number of carbonyl (C=O) groups is 3. The standard InChI is InChI=1S/C16H23N3O7/c1-5-25-13(21)8-17-12(20)7-10(15(23)26-6-2)11-9-18(3)16(24)19(4)14(11)22/h9-10H,5-8H2,1-4H3,(H,17,20)/t10-/m1/s1. The predicted molar refractivity (Wildman–Crippen MR) is 90.6 cm³/mol. The Hall–Kier alpha value is -2.91. The van der Waals surface area contributed by atoms with Crippen LogP contribution in [0, 0.1) is 0 Å². The summed E-state index contributed by atoms with van der Waals surface area (Å²) < 4.78 is 11.6. The first kappa shape index (κ1) is 21.1. The molecule has 0 aromatic carbocycles. The summed E-state index contributed by atoms with van der Waals surface area (Å²) in [6.45, 7) is 3.11. The Labute approximate surface area is 149 Å². The fourth-order valence-corrected chi connectivity index (χ4v) is 2.28. The van der Waals surface area contributed by atoms with Crippen LogP contribution in [0.3, 0.4) is 0 Å². The Morgan fingerprint density at radius 3 is 2.31 bits per heavy atom. The van der Waals surface area contributed by atoms with E-state index in [1.54, 1.807) is 13.8 Å². The molecule has 1 amide bonds. The zero-order chi connectivity index (χ0) is 19.9. The zero-order valence-corrected chi connectivity index (χ0v) is 15.2. The summed E-state index contributed by atoms with van der Waals surface area (Å²) in [6, 6.07) is 0. The van der Waals surface area contributed by atoms with E-state index in [0.717, 1.165) is 9.13 Å². The van der Waals surface area contributed by atoms with Crippen molar-refractivity contribution in [3.63, 3.8) is 0 Å². The highest BCUT2D eigenvalue weighted by Gasteiger charge is 2.29. The Kier molecular flexibility index (Phi) is 7.76. The first-order chi connectivity index (χ1) is 12.2. The van der Waals surface area contributed by atoms with Crippen molar-refractivity contribution in [3.05, 3.63) is 32.6 Å². The molecular formula is C16H23N3O7. The molecule has 0 fully saturated rings. The van der Waals surface area contributed by atoms with Crippen LogP contribution >= 0.6 is 0 Å². The zero-order valence-electron chi connectivity index (χ0n) is 15.2. The lowest BCUT2D eigenvalue weighted by Crippen LogP contribution is -2.41. The third-order valence-electron chi connectivity index (χ3n) is 3.54. The van der Waals surface area contributed by atoms with E-state index in [0.29, 0.717) is 0 Å². The van der Waals surface area contributed by atoms with Gasteiger partial charge in [-0.05, 0) is 13.8 Å². The van der Waals surface area contributed by atoms with Gasteiger partial charge in [0.15, 0.2) is 0 Å². The number of aromatic nitrogens is 2. The van der Waals surface area contributed by atoms with Gasteiger partial charge in [0.25, 0.3) is 5.56 Å². The minimum atomic E-state index is -1.21. The maximum atomic E-state index is 12.4. The predicted octanol–water partition coefficient (Wildman–Crippen LogP) is -1.20. The van der Waals surface area contributed by atoms with Crippen molar-refractivity contribution in [2.75, 3.05) is 19.8 Å². The molecule has 1 aromatic rings. The molecule has 0 aliphatic heterocycles.